The lowest BCUT2D eigenvalue weighted by molar-refractivity contribution is -0.136. The zero-order chi connectivity index (χ0) is 11.7. The Labute approximate surface area is 101 Å². The molecular weight excluding hydrogens is 248 g/mol. The van der Waals surface area contributed by atoms with Gasteiger partial charge in [-0.15, -0.1) is 0 Å². The third-order valence-electron chi connectivity index (χ3n) is 2.06. The number of benzene rings is 1. The highest BCUT2D eigenvalue weighted by Gasteiger charge is 2.14. The molecule has 0 unspecified atom stereocenters. The van der Waals surface area contributed by atoms with Crippen LogP contribution >= 0.6 is 23.4 Å². The number of carboxylic acids is 1. The molecule has 0 fully saturated rings. The maximum atomic E-state index is 10.7. The van der Waals surface area contributed by atoms with E-state index in [9.17, 15) is 4.79 Å². The second kappa shape index (κ2) is 4.35. The molecule has 1 aromatic carbocycles. The van der Waals surface area contributed by atoms with Crippen LogP contribution in [0.2, 0.25) is 5.02 Å². The summed E-state index contributed by atoms with van der Waals surface area (Å²) in [4.78, 5) is 18.0. The first-order valence-electron chi connectivity index (χ1n) is 4.61. The number of aliphatic carboxylic acids is 1. The lowest BCUT2D eigenvalue weighted by Gasteiger charge is -2.00. The number of H-pyrrole nitrogens is 1. The third kappa shape index (κ3) is 2.31. The maximum Gasteiger partial charge on any atom is 0.316 e. The van der Waals surface area contributed by atoms with Gasteiger partial charge >= 0.3 is 5.97 Å². The number of thioether (sulfide) groups is 1. The van der Waals surface area contributed by atoms with Crippen LogP contribution in [0, 0.1) is 0 Å². The van der Waals surface area contributed by atoms with E-state index < -0.39 is 11.2 Å². The van der Waals surface area contributed by atoms with Crippen molar-refractivity contribution in [1.82, 2.24) is 9.97 Å². The van der Waals surface area contributed by atoms with Gasteiger partial charge in [0.15, 0.2) is 5.16 Å². The van der Waals surface area contributed by atoms with Crippen molar-refractivity contribution in [2.75, 3.05) is 0 Å². The van der Waals surface area contributed by atoms with E-state index in [1.165, 1.54) is 11.8 Å². The SMILES string of the molecule is C[C@@H](Sc1nc2ccc(Cl)cc2[nH]1)C(=O)O. The van der Waals surface area contributed by atoms with Gasteiger partial charge < -0.3 is 10.1 Å². The van der Waals surface area contributed by atoms with Gasteiger partial charge in [-0.1, -0.05) is 23.4 Å². The highest BCUT2D eigenvalue weighted by molar-refractivity contribution is 8.00. The molecule has 16 heavy (non-hydrogen) atoms. The minimum absolute atomic E-state index is 0.531. The summed E-state index contributed by atoms with van der Waals surface area (Å²) in [7, 11) is 0. The molecule has 0 radical (unpaired) electrons. The Morgan fingerprint density at radius 1 is 1.62 bits per heavy atom. The molecule has 0 amide bonds. The molecule has 0 saturated carbocycles. The van der Waals surface area contributed by atoms with Crippen LogP contribution in [0.3, 0.4) is 0 Å². The number of hydrogen-bond acceptors (Lipinski definition) is 3. The van der Waals surface area contributed by atoms with Gasteiger partial charge in [0.2, 0.25) is 0 Å². The predicted octanol–water partition coefficient (Wildman–Crippen LogP) is 2.78. The normalized spacial score (nSPS) is 12.9. The number of rotatable bonds is 3. The Bertz CT molecular complexity index is 541. The van der Waals surface area contributed by atoms with Gasteiger partial charge in [-0.3, -0.25) is 4.79 Å². The summed E-state index contributed by atoms with van der Waals surface area (Å²) in [6.07, 6.45) is 0. The summed E-state index contributed by atoms with van der Waals surface area (Å²) in [6.45, 7) is 1.62. The van der Waals surface area contributed by atoms with Crippen LogP contribution in [0.4, 0.5) is 0 Å². The second-order valence-corrected chi connectivity index (χ2v) is 5.07. The van der Waals surface area contributed by atoms with Crippen molar-refractivity contribution in [2.24, 2.45) is 0 Å². The number of fused-ring (bicyclic) bond motifs is 1. The molecule has 0 spiro atoms. The molecule has 0 saturated heterocycles. The first kappa shape index (κ1) is 11.3. The third-order valence-corrected chi connectivity index (χ3v) is 3.27. The van der Waals surface area contributed by atoms with E-state index in [0.717, 1.165) is 11.0 Å². The van der Waals surface area contributed by atoms with Crippen molar-refractivity contribution < 1.29 is 9.90 Å². The minimum Gasteiger partial charge on any atom is -0.480 e. The molecule has 0 aliphatic carbocycles. The van der Waals surface area contributed by atoms with Gasteiger partial charge in [0.05, 0.1) is 11.0 Å². The molecule has 84 valence electrons. The average Bonchev–Trinajstić information content (AvgIpc) is 2.58. The molecule has 0 bridgehead atoms. The summed E-state index contributed by atoms with van der Waals surface area (Å²) in [5, 5.41) is 9.46. The molecule has 1 heterocycles. The lowest BCUT2D eigenvalue weighted by atomic mass is 10.3. The number of carboxylic acid groups (broad SMARTS) is 1. The molecule has 4 nitrogen and oxygen atoms in total. The zero-order valence-corrected chi connectivity index (χ0v) is 9.97. The van der Waals surface area contributed by atoms with E-state index in [1.807, 2.05) is 0 Å². The maximum absolute atomic E-state index is 10.7. The highest BCUT2D eigenvalue weighted by atomic mass is 35.5. The fourth-order valence-corrected chi connectivity index (χ4v) is 2.16. The van der Waals surface area contributed by atoms with Crippen LogP contribution in [-0.4, -0.2) is 26.3 Å². The quantitative estimate of drug-likeness (QED) is 0.829. The Hall–Kier alpha value is -1.20. The van der Waals surface area contributed by atoms with Crippen molar-refractivity contribution in [3.63, 3.8) is 0 Å². The lowest BCUT2D eigenvalue weighted by Crippen LogP contribution is -2.11. The van der Waals surface area contributed by atoms with E-state index in [4.69, 9.17) is 16.7 Å². The molecule has 1 atom stereocenters. The second-order valence-electron chi connectivity index (χ2n) is 3.30. The monoisotopic (exact) mass is 256 g/mol. The first-order valence-corrected chi connectivity index (χ1v) is 5.87. The van der Waals surface area contributed by atoms with Gasteiger partial charge in [0, 0.05) is 5.02 Å². The average molecular weight is 257 g/mol. The van der Waals surface area contributed by atoms with Crippen molar-refractivity contribution in [2.45, 2.75) is 17.3 Å². The number of aromatic amines is 1. The number of imidazole rings is 1. The van der Waals surface area contributed by atoms with Crippen LogP contribution < -0.4 is 0 Å². The van der Waals surface area contributed by atoms with Crippen molar-refractivity contribution >= 4 is 40.4 Å². The Morgan fingerprint density at radius 2 is 2.38 bits per heavy atom. The number of aromatic nitrogens is 2. The molecular formula is C10H9ClN2O2S. The summed E-state index contributed by atoms with van der Waals surface area (Å²) in [5.41, 5.74) is 1.59. The van der Waals surface area contributed by atoms with E-state index >= 15 is 0 Å². The number of halogens is 1. The predicted molar refractivity (Wildman–Crippen MR) is 64.1 cm³/mol. The largest absolute Gasteiger partial charge is 0.480 e. The van der Waals surface area contributed by atoms with Crippen molar-refractivity contribution in [3.05, 3.63) is 23.2 Å². The Kier molecular flexibility index (Phi) is 3.07. The van der Waals surface area contributed by atoms with Gasteiger partial charge in [0.1, 0.15) is 5.25 Å². The number of hydrogen-bond donors (Lipinski definition) is 2. The summed E-state index contributed by atoms with van der Waals surface area (Å²) in [5.74, 6) is -0.858. The van der Waals surface area contributed by atoms with Crippen molar-refractivity contribution in [3.8, 4) is 0 Å². The first-order chi connectivity index (χ1) is 7.56. The number of nitrogens with one attached hydrogen (secondary N) is 1. The van der Waals surface area contributed by atoms with Crippen LogP contribution in [0.5, 0.6) is 0 Å². The Balaban J connectivity index is 2.29. The fourth-order valence-electron chi connectivity index (χ4n) is 1.23. The smallest absolute Gasteiger partial charge is 0.316 e. The highest BCUT2D eigenvalue weighted by Crippen LogP contribution is 2.24. The molecule has 1 aromatic heterocycles. The summed E-state index contributed by atoms with van der Waals surface area (Å²) < 4.78 is 0. The van der Waals surface area contributed by atoms with Gasteiger partial charge in [-0.05, 0) is 25.1 Å². The van der Waals surface area contributed by atoms with Gasteiger partial charge in [0.25, 0.3) is 0 Å². The van der Waals surface area contributed by atoms with Crippen LogP contribution in [0.1, 0.15) is 6.92 Å². The molecule has 2 aromatic rings. The molecule has 2 rings (SSSR count). The topological polar surface area (TPSA) is 66.0 Å². The molecule has 0 aliphatic rings. The van der Waals surface area contributed by atoms with E-state index in [2.05, 4.69) is 9.97 Å². The van der Waals surface area contributed by atoms with Gasteiger partial charge in [-0.2, -0.15) is 0 Å². The van der Waals surface area contributed by atoms with E-state index in [0.29, 0.717) is 10.2 Å². The summed E-state index contributed by atoms with van der Waals surface area (Å²) >= 11 is 7.01. The fraction of sp³-hybridized carbons (Fsp3) is 0.200. The zero-order valence-electron chi connectivity index (χ0n) is 8.40. The summed E-state index contributed by atoms with van der Waals surface area (Å²) in [6, 6.07) is 5.31. The molecule has 0 aliphatic heterocycles. The van der Waals surface area contributed by atoms with Crippen LogP contribution in [-0.2, 0) is 4.79 Å². The van der Waals surface area contributed by atoms with Crippen molar-refractivity contribution in [1.29, 1.82) is 0 Å². The van der Waals surface area contributed by atoms with Crippen LogP contribution in [0.25, 0.3) is 11.0 Å². The Morgan fingerprint density at radius 3 is 3.06 bits per heavy atom. The number of nitrogens with zero attached hydrogens (tertiary/aromatic N) is 1. The number of carbonyl (C=O) groups is 1. The van der Waals surface area contributed by atoms with E-state index in [1.54, 1.807) is 25.1 Å². The van der Waals surface area contributed by atoms with E-state index in [-0.39, 0.29) is 0 Å². The molecule has 2 N–H and O–H groups in total. The molecule has 6 heteroatoms. The standard InChI is InChI=1S/C10H9ClN2O2S/c1-5(9(14)15)16-10-12-7-3-2-6(11)4-8(7)13-10/h2-5H,1H3,(H,12,13)(H,14,15)/t5-/m1/s1. The minimum atomic E-state index is -0.858. The van der Waals surface area contributed by atoms with Gasteiger partial charge in [-0.25, -0.2) is 4.98 Å². The van der Waals surface area contributed by atoms with Crippen LogP contribution in [0.15, 0.2) is 23.4 Å².